The van der Waals surface area contributed by atoms with Crippen molar-refractivity contribution in [1.82, 2.24) is 0 Å². The third-order valence-electron chi connectivity index (χ3n) is 3.07. The second-order valence-corrected chi connectivity index (χ2v) is 6.62. The Kier molecular flexibility index (Phi) is 5.38. The Hall–Kier alpha value is -2.08. The summed E-state index contributed by atoms with van der Waals surface area (Å²) in [7, 11) is -3.48. The van der Waals surface area contributed by atoms with Gasteiger partial charge >= 0.3 is 0 Å². The number of sulfonamides is 1. The Morgan fingerprint density at radius 2 is 1.68 bits per heavy atom. The highest BCUT2D eigenvalue weighted by Gasteiger charge is 2.10. The number of halogens is 1. The standard InChI is InChI=1S/C16H18FNO3S/c1-2-13-3-7-15(8-4-13)18-22(19,20)12-11-21-16-9-5-14(17)6-10-16/h3-10,18H,2,11-12H2,1H3. The van der Waals surface area contributed by atoms with Gasteiger partial charge in [-0.25, -0.2) is 12.8 Å². The lowest BCUT2D eigenvalue weighted by Gasteiger charge is -2.10. The van der Waals surface area contributed by atoms with Crippen LogP contribution in [0.25, 0.3) is 0 Å². The summed E-state index contributed by atoms with van der Waals surface area (Å²) in [6.07, 6.45) is 0.901. The first kappa shape index (κ1) is 16.3. The first-order valence-electron chi connectivity index (χ1n) is 6.96. The zero-order valence-corrected chi connectivity index (χ0v) is 13.1. The fraction of sp³-hybridized carbons (Fsp3) is 0.250. The molecule has 0 heterocycles. The summed E-state index contributed by atoms with van der Waals surface area (Å²) >= 11 is 0. The van der Waals surface area contributed by atoms with Crippen LogP contribution in [0.1, 0.15) is 12.5 Å². The van der Waals surface area contributed by atoms with Crippen LogP contribution in [0.3, 0.4) is 0 Å². The Bertz CT molecular complexity index is 697. The molecule has 0 saturated heterocycles. The van der Waals surface area contributed by atoms with E-state index in [1.165, 1.54) is 24.3 Å². The van der Waals surface area contributed by atoms with Crippen molar-refractivity contribution >= 4 is 15.7 Å². The maximum absolute atomic E-state index is 12.7. The molecule has 0 aliphatic carbocycles. The Labute approximate surface area is 130 Å². The van der Waals surface area contributed by atoms with E-state index in [0.717, 1.165) is 12.0 Å². The molecule has 22 heavy (non-hydrogen) atoms. The molecule has 0 fully saturated rings. The molecule has 0 saturated carbocycles. The molecule has 0 unspecified atom stereocenters. The lowest BCUT2D eigenvalue weighted by Crippen LogP contribution is -2.21. The first-order chi connectivity index (χ1) is 10.5. The number of anilines is 1. The van der Waals surface area contributed by atoms with Crippen LogP contribution in [0.4, 0.5) is 10.1 Å². The van der Waals surface area contributed by atoms with E-state index in [9.17, 15) is 12.8 Å². The maximum Gasteiger partial charge on any atom is 0.236 e. The van der Waals surface area contributed by atoms with Crippen LogP contribution in [0.2, 0.25) is 0 Å². The van der Waals surface area contributed by atoms with Crippen LogP contribution < -0.4 is 9.46 Å². The van der Waals surface area contributed by atoms with Crippen LogP contribution in [0.15, 0.2) is 48.5 Å². The van der Waals surface area contributed by atoms with E-state index in [0.29, 0.717) is 11.4 Å². The number of benzene rings is 2. The van der Waals surface area contributed by atoms with E-state index in [1.807, 2.05) is 19.1 Å². The minimum atomic E-state index is -3.48. The lowest BCUT2D eigenvalue weighted by atomic mass is 10.2. The number of rotatable bonds is 7. The van der Waals surface area contributed by atoms with Crippen molar-refractivity contribution in [3.63, 3.8) is 0 Å². The molecular weight excluding hydrogens is 305 g/mol. The number of nitrogens with one attached hydrogen (secondary N) is 1. The maximum atomic E-state index is 12.7. The second kappa shape index (κ2) is 7.26. The van der Waals surface area contributed by atoms with Crippen molar-refractivity contribution < 1.29 is 17.5 Å². The van der Waals surface area contributed by atoms with Crippen molar-refractivity contribution in [1.29, 1.82) is 0 Å². The molecule has 0 spiro atoms. The number of ether oxygens (including phenoxy) is 1. The first-order valence-corrected chi connectivity index (χ1v) is 8.61. The van der Waals surface area contributed by atoms with Crippen molar-refractivity contribution in [2.45, 2.75) is 13.3 Å². The summed E-state index contributed by atoms with van der Waals surface area (Å²) in [4.78, 5) is 0. The zero-order valence-electron chi connectivity index (χ0n) is 12.3. The molecule has 0 radical (unpaired) electrons. The highest BCUT2D eigenvalue weighted by atomic mass is 32.2. The monoisotopic (exact) mass is 323 g/mol. The third kappa shape index (κ3) is 5.04. The van der Waals surface area contributed by atoms with Gasteiger partial charge in [0, 0.05) is 5.69 Å². The fourth-order valence-electron chi connectivity index (χ4n) is 1.84. The van der Waals surface area contributed by atoms with Crippen LogP contribution in [0, 0.1) is 5.82 Å². The molecule has 1 N–H and O–H groups in total. The summed E-state index contributed by atoms with van der Waals surface area (Å²) in [5, 5.41) is 0. The molecule has 6 heteroatoms. The Morgan fingerprint density at radius 3 is 2.27 bits per heavy atom. The summed E-state index contributed by atoms with van der Waals surface area (Å²) < 4.78 is 44.4. The Morgan fingerprint density at radius 1 is 1.05 bits per heavy atom. The van der Waals surface area contributed by atoms with Gasteiger partial charge in [0.2, 0.25) is 10.0 Å². The van der Waals surface area contributed by atoms with Gasteiger partial charge in [0.15, 0.2) is 0 Å². The largest absolute Gasteiger partial charge is 0.492 e. The second-order valence-electron chi connectivity index (χ2n) is 4.77. The lowest BCUT2D eigenvalue weighted by molar-refractivity contribution is 0.340. The van der Waals surface area contributed by atoms with E-state index in [1.54, 1.807) is 12.1 Å². The summed E-state index contributed by atoms with van der Waals surface area (Å²) in [6, 6.07) is 12.7. The summed E-state index contributed by atoms with van der Waals surface area (Å²) in [5.41, 5.74) is 1.67. The normalized spacial score (nSPS) is 11.2. The molecule has 0 aliphatic rings. The van der Waals surface area contributed by atoms with Crippen molar-refractivity contribution in [2.24, 2.45) is 0 Å². The van der Waals surface area contributed by atoms with Gasteiger partial charge < -0.3 is 4.74 Å². The zero-order chi connectivity index (χ0) is 16.0. The molecule has 2 aromatic carbocycles. The van der Waals surface area contributed by atoms with E-state index < -0.39 is 10.0 Å². The van der Waals surface area contributed by atoms with Gasteiger partial charge in [-0.15, -0.1) is 0 Å². The van der Waals surface area contributed by atoms with Crippen LogP contribution in [-0.4, -0.2) is 20.8 Å². The molecule has 2 rings (SSSR count). The topological polar surface area (TPSA) is 55.4 Å². The number of hydrogen-bond donors (Lipinski definition) is 1. The van der Waals surface area contributed by atoms with Gasteiger partial charge in [-0.3, -0.25) is 4.72 Å². The molecule has 0 bridgehead atoms. The van der Waals surface area contributed by atoms with E-state index in [-0.39, 0.29) is 18.2 Å². The molecular formula is C16H18FNO3S. The fourth-order valence-corrected chi connectivity index (χ4v) is 2.74. The highest BCUT2D eigenvalue weighted by Crippen LogP contribution is 2.13. The average molecular weight is 323 g/mol. The van der Waals surface area contributed by atoms with Crippen molar-refractivity contribution in [2.75, 3.05) is 17.1 Å². The minimum Gasteiger partial charge on any atom is -0.492 e. The molecule has 118 valence electrons. The molecule has 4 nitrogen and oxygen atoms in total. The van der Waals surface area contributed by atoms with Gasteiger partial charge in [0.05, 0.1) is 0 Å². The average Bonchev–Trinajstić information content (AvgIpc) is 2.49. The molecule has 0 amide bonds. The van der Waals surface area contributed by atoms with Crippen molar-refractivity contribution in [3.8, 4) is 5.75 Å². The van der Waals surface area contributed by atoms with Gasteiger partial charge in [-0.1, -0.05) is 19.1 Å². The van der Waals surface area contributed by atoms with Crippen LogP contribution >= 0.6 is 0 Å². The van der Waals surface area contributed by atoms with E-state index >= 15 is 0 Å². The minimum absolute atomic E-state index is 0.00594. The molecule has 0 aromatic heterocycles. The summed E-state index contributed by atoms with van der Waals surface area (Å²) in [5.74, 6) is -0.110. The number of aryl methyl sites for hydroxylation is 1. The van der Waals surface area contributed by atoms with Crippen molar-refractivity contribution in [3.05, 3.63) is 59.9 Å². The highest BCUT2D eigenvalue weighted by molar-refractivity contribution is 7.92. The van der Waals surface area contributed by atoms with E-state index in [4.69, 9.17) is 4.74 Å². The van der Waals surface area contributed by atoms with Crippen LogP contribution in [-0.2, 0) is 16.4 Å². The number of hydrogen-bond acceptors (Lipinski definition) is 3. The SMILES string of the molecule is CCc1ccc(NS(=O)(=O)CCOc2ccc(F)cc2)cc1. The quantitative estimate of drug-likeness (QED) is 0.851. The molecule has 2 aromatic rings. The van der Waals surface area contributed by atoms with Gasteiger partial charge in [0.25, 0.3) is 0 Å². The van der Waals surface area contributed by atoms with Crippen LogP contribution in [0.5, 0.6) is 5.75 Å². The van der Waals surface area contributed by atoms with Gasteiger partial charge in [0.1, 0.15) is 23.9 Å². The van der Waals surface area contributed by atoms with Gasteiger partial charge in [-0.05, 0) is 48.4 Å². The molecule has 0 aliphatic heterocycles. The predicted molar refractivity (Wildman–Crippen MR) is 85.1 cm³/mol. The summed E-state index contributed by atoms with van der Waals surface area (Å²) in [6.45, 7) is 2.03. The Balaban J connectivity index is 1.86. The third-order valence-corrected chi connectivity index (χ3v) is 4.32. The van der Waals surface area contributed by atoms with Gasteiger partial charge in [-0.2, -0.15) is 0 Å². The smallest absolute Gasteiger partial charge is 0.236 e. The van der Waals surface area contributed by atoms with E-state index in [2.05, 4.69) is 4.72 Å². The predicted octanol–water partition coefficient (Wildman–Crippen LogP) is 3.21. The molecule has 0 atom stereocenters.